The standard InChI is InChI=1S/C16H16BrN3O/c1-10-7-15-13(16(8-10)20-21-2)9-14(18-19-15)11-3-5-12(17)6-4-11/h3-6,9-10H,7-8H2,1-2H3/b20-16-/t10-/m0/s1. The number of hydrogen-bond donors (Lipinski definition) is 0. The number of hydrogen-bond acceptors (Lipinski definition) is 4. The Labute approximate surface area is 132 Å². The van der Waals surface area contributed by atoms with E-state index in [2.05, 4.69) is 44.3 Å². The molecule has 1 aromatic heterocycles. The smallest absolute Gasteiger partial charge is 0.106 e. The fourth-order valence-corrected chi connectivity index (χ4v) is 2.88. The number of rotatable bonds is 2. The van der Waals surface area contributed by atoms with Crippen molar-refractivity contribution in [2.24, 2.45) is 11.1 Å². The molecule has 0 bridgehead atoms. The average molecular weight is 346 g/mol. The first kappa shape index (κ1) is 14.2. The lowest BCUT2D eigenvalue weighted by Crippen LogP contribution is -2.21. The molecule has 0 N–H and O–H groups in total. The van der Waals surface area contributed by atoms with E-state index in [1.807, 2.05) is 24.3 Å². The molecule has 0 radical (unpaired) electrons. The van der Waals surface area contributed by atoms with Gasteiger partial charge in [0.15, 0.2) is 0 Å². The van der Waals surface area contributed by atoms with Gasteiger partial charge in [-0.2, -0.15) is 10.2 Å². The Morgan fingerprint density at radius 3 is 2.67 bits per heavy atom. The van der Waals surface area contributed by atoms with Crippen molar-refractivity contribution in [3.05, 3.63) is 46.1 Å². The molecule has 0 saturated heterocycles. The van der Waals surface area contributed by atoms with Gasteiger partial charge in [-0.25, -0.2) is 0 Å². The van der Waals surface area contributed by atoms with Crippen LogP contribution in [0, 0.1) is 5.92 Å². The minimum Gasteiger partial charge on any atom is -0.399 e. The average Bonchev–Trinajstić information content (AvgIpc) is 2.48. The minimum absolute atomic E-state index is 0.513. The quantitative estimate of drug-likeness (QED) is 0.777. The zero-order chi connectivity index (χ0) is 14.8. The normalized spacial score (nSPS) is 19.4. The van der Waals surface area contributed by atoms with Gasteiger partial charge in [-0.1, -0.05) is 40.1 Å². The van der Waals surface area contributed by atoms with Gasteiger partial charge in [0, 0.05) is 15.6 Å². The Morgan fingerprint density at radius 2 is 1.95 bits per heavy atom. The molecular weight excluding hydrogens is 330 g/mol. The maximum Gasteiger partial charge on any atom is 0.106 e. The predicted molar refractivity (Wildman–Crippen MR) is 86.2 cm³/mol. The number of oxime groups is 1. The number of nitrogens with zero attached hydrogens (tertiary/aromatic N) is 3. The minimum atomic E-state index is 0.513. The third-order valence-electron chi connectivity index (χ3n) is 3.61. The molecule has 1 heterocycles. The summed E-state index contributed by atoms with van der Waals surface area (Å²) < 4.78 is 1.05. The molecule has 21 heavy (non-hydrogen) atoms. The summed E-state index contributed by atoms with van der Waals surface area (Å²) in [7, 11) is 1.58. The Bertz CT molecular complexity index is 682. The molecule has 1 aromatic carbocycles. The molecule has 5 heteroatoms. The summed E-state index contributed by atoms with van der Waals surface area (Å²) >= 11 is 3.44. The molecule has 0 amide bonds. The molecule has 4 nitrogen and oxygen atoms in total. The lowest BCUT2D eigenvalue weighted by atomic mass is 9.86. The summed E-state index contributed by atoms with van der Waals surface area (Å²) in [4.78, 5) is 4.98. The molecule has 0 spiro atoms. The van der Waals surface area contributed by atoms with E-state index in [9.17, 15) is 0 Å². The van der Waals surface area contributed by atoms with Gasteiger partial charge in [-0.05, 0) is 37.0 Å². The van der Waals surface area contributed by atoms with E-state index in [1.165, 1.54) is 0 Å². The van der Waals surface area contributed by atoms with Gasteiger partial charge < -0.3 is 4.84 Å². The van der Waals surface area contributed by atoms with Crippen LogP contribution in [0.1, 0.15) is 24.6 Å². The van der Waals surface area contributed by atoms with E-state index in [1.54, 1.807) is 7.11 Å². The molecular formula is C16H16BrN3O. The molecule has 0 aliphatic heterocycles. The van der Waals surface area contributed by atoms with Gasteiger partial charge in [0.05, 0.1) is 17.1 Å². The monoisotopic (exact) mass is 345 g/mol. The van der Waals surface area contributed by atoms with Crippen molar-refractivity contribution in [3.63, 3.8) is 0 Å². The fourth-order valence-electron chi connectivity index (χ4n) is 2.62. The Morgan fingerprint density at radius 1 is 1.19 bits per heavy atom. The van der Waals surface area contributed by atoms with Crippen LogP contribution in [0.3, 0.4) is 0 Å². The molecule has 1 atom stereocenters. The van der Waals surface area contributed by atoms with Crippen molar-refractivity contribution < 1.29 is 4.84 Å². The highest BCUT2D eigenvalue weighted by molar-refractivity contribution is 9.10. The number of benzene rings is 1. The van der Waals surface area contributed by atoms with E-state index in [0.717, 1.165) is 45.5 Å². The molecule has 1 aliphatic rings. The van der Waals surface area contributed by atoms with Gasteiger partial charge >= 0.3 is 0 Å². The van der Waals surface area contributed by atoms with Crippen LogP contribution in [-0.4, -0.2) is 23.0 Å². The lowest BCUT2D eigenvalue weighted by molar-refractivity contribution is 0.212. The van der Waals surface area contributed by atoms with Crippen LogP contribution < -0.4 is 0 Å². The van der Waals surface area contributed by atoms with Crippen LogP contribution in [-0.2, 0) is 11.3 Å². The highest BCUT2D eigenvalue weighted by Gasteiger charge is 2.23. The van der Waals surface area contributed by atoms with Crippen LogP contribution in [0.15, 0.2) is 40.0 Å². The highest BCUT2D eigenvalue weighted by Crippen LogP contribution is 2.27. The van der Waals surface area contributed by atoms with E-state index in [-0.39, 0.29) is 0 Å². The molecule has 108 valence electrons. The SMILES string of the molecule is CO/N=C1/C[C@@H](C)Cc2nnc(-c3ccc(Br)cc3)cc21. The Balaban J connectivity index is 2.05. The number of aromatic nitrogens is 2. The van der Waals surface area contributed by atoms with E-state index < -0.39 is 0 Å². The largest absolute Gasteiger partial charge is 0.399 e. The summed E-state index contributed by atoms with van der Waals surface area (Å²) in [6.45, 7) is 2.19. The van der Waals surface area contributed by atoms with E-state index in [4.69, 9.17) is 4.84 Å². The van der Waals surface area contributed by atoms with Gasteiger partial charge in [0.25, 0.3) is 0 Å². The van der Waals surface area contributed by atoms with Gasteiger partial charge in [-0.3, -0.25) is 0 Å². The molecule has 3 rings (SSSR count). The third-order valence-corrected chi connectivity index (χ3v) is 4.14. The van der Waals surface area contributed by atoms with Gasteiger partial charge in [0.1, 0.15) is 7.11 Å². The lowest BCUT2D eigenvalue weighted by Gasteiger charge is -2.21. The maximum atomic E-state index is 4.98. The molecule has 0 unspecified atom stereocenters. The van der Waals surface area contributed by atoms with E-state index >= 15 is 0 Å². The van der Waals surface area contributed by atoms with Crippen LogP contribution in [0.25, 0.3) is 11.3 Å². The molecule has 1 aliphatic carbocycles. The van der Waals surface area contributed by atoms with Gasteiger partial charge in [0.2, 0.25) is 0 Å². The maximum absolute atomic E-state index is 4.98. The van der Waals surface area contributed by atoms with Crippen LogP contribution in [0.2, 0.25) is 0 Å². The van der Waals surface area contributed by atoms with Crippen molar-refractivity contribution >= 4 is 21.6 Å². The second-order valence-corrected chi connectivity index (χ2v) is 6.25. The van der Waals surface area contributed by atoms with Crippen molar-refractivity contribution in [1.82, 2.24) is 10.2 Å². The summed E-state index contributed by atoms with van der Waals surface area (Å²) in [5, 5.41) is 12.9. The summed E-state index contributed by atoms with van der Waals surface area (Å²) in [5.74, 6) is 0.513. The predicted octanol–water partition coefficient (Wildman–Crippen LogP) is 3.84. The Kier molecular flexibility index (Phi) is 4.01. The second-order valence-electron chi connectivity index (χ2n) is 5.33. The zero-order valence-electron chi connectivity index (χ0n) is 12.0. The van der Waals surface area contributed by atoms with E-state index in [0.29, 0.717) is 5.92 Å². The van der Waals surface area contributed by atoms with Crippen molar-refractivity contribution in [2.45, 2.75) is 19.8 Å². The molecule has 0 saturated carbocycles. The summed E-state index contributed by atoms with van der Waals surface area (Å²) in [5.41, 5.74) is 4.93. The molecule has 0 fully saturated rings. The summed E-state index contributed by atoms with van der Waals surface area (Å²) in [6.07, 6.45) is 1.85. The first-order valence-electron chi connectivity index (χ1n) is 6.90. The first-order valence-corrected chi connectivity index (χ1v) is 7.69. The number of fused-ring (bicyclic) bond motifs is 1. The molecule has 2 aromatic rings. The van der Waals surface area contributed by atoms with Gasteiger partial charge in [-0.15, -0.1) is 0 Å². The fraction of sp³-hybridized carbons (Fsp3) is 0.312. The van der Waals surface area contributed by atoms with Crippen molar-refractivity contribution in [3.8, 4) is 11.3 Å². The number of halogens is 1. The topological polar surface area (TPSA) is 47.4 Å². The Hall–Kier alpha value is -1.75. The highest BCUT2D eigenvalue weighted by atomic mass is 79.9. The van der Waals surface area contributed by atoms with Crippen molar-refractivity contribution in [2.75, 3.05) is 7.11 Å². The van der Waals surface area contributed by atoms with Crippen LogP contribution >= 0.6 is 15.9 Å². The zero-order valence-corrected chi connectivity index (χ0v) is 13.6. The first-order chi connectivity index (χ1) is 10.2. The second kappa shape index (κ2) is 5.93. The third kappa shape index (κ3) is 2.97. The summed E-state index contributed by atoms with van der Waals surface area (Å²) in [6, 6.07) is 10.1. The van der Waals surface area contributed by atoms with Crippen LogP contribution in [0.5, 0.6) is 0 Å². The van der Waals surface area contributed by atoms with Crippen LogP contribution in [0.4, 0.5) is 0 Å². The van der Waals surface area contributed by atoms with Crippen molar-refractivity contribution in [1.29, 1.82) is 0 Å².